The first-order chi connectivity index (χ1) is 10.0. The molecule has 4 N–H and O–H groups in total. The van der Waals surface area contributed by atoms with E-state index in [1.807, 2.05) is 6.92 Å². The van der Waals surface area contributed by atoms with Crippen LogP contribution in [0.3, 0.4) is 0 Å². The van der Waals surface area contributed by atoms with Gasteiger partial charge in [0.2, 0.25) is 0 Å². The molecule has 0 saturated carbocycles. The fourth-order valence-electron chi connectivity index (χ4n) is 1.81. The van der Waals surface area contributed by atoms with Gasteiger partial charge in [0.05, 0.1) is 15.8 Å². The highest BCUT2D eigenvalue weighted by Crippen LogP contribution is 2.26. The molecular formula is C15H15BrFN3O. The van der Waals surface area contributed by atoms with Crippen molar-refractivity contribution in [2.45, 2.75) is 6.92 Å². The molecule has 0 heterocycles. The summed E-state index contributed by atoms with van der Waals surface area (Å²) in [5, 5.41) is 5.72. The second-order valence-corrected chi connectivity index (χ2v) is 5.27. The quantitative estimate of drug-likeness (QED) is 0.736. The van der Waals surface area contributed by atoms with Gasteiger partial charge in [0, 0.05) is 17.8 Å². The minimum Gasteiger partial charge on any atom is -0.397 e. The summed E-state index contributed by atoms with van der Waals surface area (Å²) in [6.07, 6.45) is 0. The second kappa shape index (κ2) is 6.58. The van der Waals surface area contributed by atoms with Gasteiger partial charge in [-0.2, -0.15) is 0 Å². The van der Waals surface area contributed by atoms with Gasteiger partial charge in [0.1, 0.15) is 5.82 Å². The van der Waals surface area contributed by atoms with Gasteiger partial charge in [-0.05, 0) is 59.3 Å². The molecule has 0 fully saturated rings. The van der Waals surface area contributed by atoms with Gasteiger partial charge >= 0.3 is 0 Å². The van der Waals surface area contributed by atoms with E-state index in [0.29, 0.717) is 33.6 Å². The van der Waals surface area contributed by atoms with E-state index >= 15 is 0 Å². The highest BCUT2D eigenvalue weighted by Gasteiger charge is 2.08. The molecule has 1 amide bonds. The fraction of sp³-hybridized carbons (Fsp3) is 0.133. The Kier molecular flexibility index (Phi) is 4.80. The molecule has 2 aromatic carbocycles. The van der Waals surface area contributed by atoms with Crippen LogP contribution in [0.5, 0.6) is 0 Å². The van der Waals surface area contributed by atoms with Gasteiger partial charge in [-0.15, -0.1) is 0 Å². The van der Waals surface area contributed by atoms with Crippen LogP contribution in [0, 0.1) is 5.82 Å². The molecule has 4 nitrogen and oxygen atoms in total. The van der Waals surface area contributed by atoms with E-state index in [9.17, 15) is 9.18 Å². The second-order valence-electron chi connectivity index (χ2n) is 4.42. The highest BCUT2D eigenvalue weighted by atomic mass is 79.9. The van der Waals surface area contributed by atoms with Gasteiger partial charge in [-0.25, -0.2) is 4.39 Å². The maximum absolute atomic E-state index is 13.5. The van der Waals surface area contributed by atoms with Crippen LogP contribution in [-0.2, 0) is 0 Å². The van der Waals surface area contributed by atoms with E-state index in [-0.39, 0.29) is 11.7 Å². The number of anilines is 3. The maximum atomic E-state index is 13.5. The fourth-order valence-corrected chi connectivity index (χ4v) is 2.06. The minimum atomic E-state index is -0.363. The normalized spacial score (nSPS) is 10.2. The Labute approximate surface area is 130 Å². The molecule has 21 heavy (non-hydrogen) atoms. The molecule has 0 aliphatic rings. The molecule has 2 rings (SSSR count). The van der Waals surface area contributed by atoms with Crippen LogP contribution in [0.4, 0.5) is 21.5 Å². The van der Waals surface area contributed by atoms with E-state index in [0.717, 1.165) is 0 Å². The van der Waals surface area contributed by atoms with Gasteiger partial charge in [-0.3, -0.25) is 4.79 Å². The topological polar surface area (TPSA) is 67.2 Å². The lowest BCUT2D eigenvalue weighted by molar-refractivity contribution is 0.0956. The lowest BCUT2D eigenvalue weighted by Gasteiger charge is -2.11. The number of halogens is 2. The summed E-state index contributed by atoms with van der Waals surface area (Å²) in [7, 11) is 0. The molecule has 0 bridgehead atoms. The Balaban J connectivity index is 2.21. The molecule has 0 atom stereocenters. The van der Waals surface area contributed by atoms with E-state index < -0.39 is 0 Å². The van der Waals surface area contributed by atoms with Crippen molar-refractivity contribution in [2.24, 2.45) is 0 Å². The number of hydrogen-bond donors (Lipinski definition) is 3. The number of hydrogen-bond acceptors (Lipinski definition) is 3. The Hall–Kier alpha value is -2.08. The van der Waals surface area contributed by atoms with Crippen LogP contribution in [0.25, 0.3) is 0 Å². The van der Waals surface area contributed by atoms with Crippen molar-refractivity contribution in [3.05, 3.63) is 52.3 Å². The minimum absolute atomic E-state index is 0.176. The summed E-state index contributed by atoms with van der Waals surface area (Å²) in [6.45, 7) is 2.40. The lowest BCUT2D eigenvalue weighted by atomic mass is 10.1. The van der Waals surface area contributed by atoms with Gasteiger partial charge in [0.15, 0.2) is 0 Å². The summed E-state index contributed by atoms with van der Waals surface area (Å²) >= 11 is 3.10. The third kappa shape index (κ3) is 3.72. The van der Waals surface area contributed by atoms with Crippen molar-refractivity contribution in [3.8, 4) is 0 Å². The zero-order valence-electron chi connectivity index (χ0n) is 11.4. The van der Waals surface area contributed by atoms with Crippen molar-refractivity contribution in [3.63, 3.8) is 0 Å². The number of benzene rings is 2. The smallest absolute Gasteiger partial charge is 0.251 e. The van der Waals surface area contributed by atoms with Crippen LogP contribution in [0.15, 0.2) is 40.9 Å². The Morgan fingerprint density at radius 2 is 2.05 bits per heavy atom. The number of rotatable bonds is 4. The van der Waals surface area contributed by atoms with Gasteiger partial charge in [-0.1, -0.05) is 0 Å². The molecule has 0 aromatic heterocycles. The molecule has 0 aliphatic heterocycles. The van der Waals surface area contributed by atoms with E-state index in [4.69, 9.17) is 5.73 Å². The molecular weight excluding hydrogens is 337 g/mol. The van der Waals surface area contributed by atoms with Crippen molar-refractivity contribution in [1.82, 2.24) is 5.32 Å². The number of carbonyl (C=O) groups is 1. The molecule has 0 aliphatic carbocycles. The molecule has 0 radical (unpaired) electrons. The first-order valence-electron chi connectivity index (χ1n) is 6.41. The monoisotopic (exact) mass is 351 g/mol. The Morgan fingerprint density at radius 1 is 1.29 bits per heavy atom. The molecule has 0 unspecified atom stereocenters. The molecule has 6 heteroatoms. The number of nitrogens with two attached hydrogens (primary N) is 1. The summed E-state index contributed by atoms with van der Waals surface area (Å²) in [5.74, 6) is -0.539. The third-order valence-corrected chi connectivity index (χ3v) is 3.49. The molecule has 0 saturated heterocycles. The Bertz CT molecular complexity index is 676. The Morgan fingerprint density at radius 3 is 2.67 bits per heavy atom. The van der Waals surface area contributed by atoms with Crippen molar-refractivity contribution in [2.75, 3.05) is 17.6 Å². The van der Waals surface area contributed by atoms with Gasteiger partial charge < -0.3 is 16.4 Å². The van der Waals surface area contributed by atoms with Crippen LogP contribution in [0.2, 0.25) is 0 Å². The van der Waals surface area contributed by atoms with Crippen molar-refractivity contribution < 1.29 is 9.18 Å². The lowest BCUT2D eigenvalue weighted by Crippen LogP contribution is -2.22. The van der Waals surface area contributed by atoms with E-state index in [1.165, 1.54) is 6.07 Å². The number of nitrogens with one attached hydrogen (secondary N) is 2. The standard InChI is InChI=1S/C15H15BrFN3O/c1-2-19-15(21)9-3-6-14(13(18)7-9)20-10-4-5-11(16)12(17)8-10/h3-8,20H,2,18H2,1H3,(H,19,21). The predicted octanol–water partition coefficient (Wildman–Crippen LogP) is 3.66. The third-order valence-electron chi connectivity index (χ3n) is 2.85. The largest absolute Gasteiger partial charge is 0.397 e. The summed E-state index contributed by atoms with van der Waals surface area (Å²) in [6, 6.07) is 9.64. The van der Waals surface area contributed by atoms with E-state index in [2.05, 4.69) is 26.6 Å². The van der Waals surface area contributed by atoms with Crippen LogP contribution < -0.4 is 16.4 Å². The molecule has 2 aromatic rings. The zero-order valence-corrected chi connectivity index (χ0v) is 13.0. The van der Waals surface area contributed by atoms with Crippen molar-refractivity contribution >= 4 is 38.9 Å². The average Bonchev–Trinajstić information content (AvgIpc) is 2.45. The van der Waals surface area contributed by atoms with Gasteiger partial charge in [0.25, 0.3) is 5.91 Å². The van der Waals surface area contributed by atoms with Crippen LogP contribution in [0.1, 0.15) is 17.3 Å². The first kappa shape index (κ1) is 15.3. The van der Waals surface area contributed by atoms with Crippen molar-refractivity contribution in [1.29, 1.82) is 0 Å². The van der Waals surface area contributed by atoms with Crippen LogP contribution in [-0.4, -0.2) is 12.5 Å². The molecule has 110 valence electrons. The highest BCUT2D eigenvalue weighted by molar-refractivity contribution is 9.10. The number of amides is 1. The molecule has 0 spiro atoms. The number of carbonyl (C=O) groups excluding carboxylic acids is 1. The van der Waals surface area contributed by atoms with E-state index in [1.54, 1.807) is 30.3 Å². The SMILES string of the molecule is CCNC(=O)c1ccc(Nc2ccc(Br)c(F)c2)c(N)c1. The predicted molar refractivity (Wildman–Crippen MR) is 86.2 cm³/mol. The summed E-state index contributed by atoms with van der Waals surface area (Å²) in [4.78, 5) is 11.7. The zero-order chi connectivity index (χ0) is 15.4. The summed E-state index contributed by atoms with van der Waals surface area (Å²) in [5.41, 5.74) is 8.02. The first-order valence-corrected chi connectivity index (χ1v) is 7.20. The number of nitrogen functional groups attached to an aromatic ring is 1. The average molecular weight is 352 g/mol. The van der Waals surface area contributed by atoms with Crippen LogP contribution >= 0.6 is 15.9 Å². The summed E-state index contributed by atoms with van der Waals surface area (Å²) < 4.78 is 13.9. The maximum Gasteiger partial charge on any atom is 0.251 e.